The van der Waals surface area contributed by atoms with Crippen LogP contribution in [0.4, 0.5) is 5.95 Å². The molecule has 0 unspecified atom stereocenters. The molecule has 0 bridgehead atoms. The predicted octanol–water partition coefficient (Wildman–Crippen LogP) is 1.83. The maximum Gasteiger partial charge on any atom is 0.222 e. The Morgan fingerprint density at radius 1 is 1.42 bits per heavy atom. The first-order chi connectivity index (χ1) is 5.83. The zero-order valence-electron chi connectivity index (χ0n) is 7.05. The second-order valence-electron chi connectivity index (χ2n) is 2.55. The summed E-state index contributed by atoms with van der Waals surface area (Å²) in [5, 5.41) is 3.07. The molecule has 0 aliphatic heterocycles. The van der Waals surface area contributed by atoms with E-state index >= 15 is 0 Å². The van der Waals surface area contributed by atoms with E-state index in [0.717, 1.165) is 18.5 Å². The van der Waals surface area contributed by atoms with Gasteiger partial charge >= 0.3 is 0 Å². The second kappa shape index (κ2) is 4.93. The Hall–Kier alpha value is -0.830. The van der Waals surface area contributed by atoms with Gasteiger partial charge in [-0.3, -0.25) is 0 Å². The van der Waals surface area contributed by atoms with Gasteiger partial charge < -0.3 is 5.32 Å². The van der Waals surface area contributed by atoms with Crippen molar-refractivity contribution in [1.82, 2.24) is 9.97 Å². The van der Waals surface area contributed by atoms with Crippen LogP contribution in [0.5, 0.6) is 0 Å². The number of nitrogens with zero attached hydrogens (tertiary/aromatic N) is 2. The van der Waals surface area contributed by atoms with Crippen molar-refractivity contribution in [3.05, 3.63) is 18.0 Å². The molecule has 1 N–H and O–H groups in total. The average Bonchev–Trinajstić information content (AvgIpc) is 2.09. The number of hydrogen-bond donors (Lipinski definition) is 1. The van der Waals surface area contributed by atoms with Gasteiger partial charge in [-0.05, 0) is 18.9 Å². The zero-order chi connectivity index (χ0) is 8.81. The smallest absolute Gasteiger partial charge is 0.222 e. The Bertz CT molecular complexity index is 222. The summed E-state index contributed by atoms with van der Waals surface area (Å²) in [6.45, 7) is 2.79. The summed E-state index contributed by atoms with van der Waals surface area (Å²) < 4.78 is 0. The number of halogens is 1. The summed E-state index contributed by atoms with van der Waals surface area (Å²) in [7, 11) is 0. The first-order valence-electron chi connectivity index (χ1n) is 3.91. The predicted molar refractivity (Wildman–Crippen MR) is 50.6 cm³/mol. The summed E-state index contributed by atoms with van der Waals surface area (Å²) in [5.41, 5.74) is 1.07. The number of hydrogen-bond acceptors (Lipinski definition) is 3. The standard InChI is InChI=1S/C8H12ClN3/c1-7-5-11-8(12-6-7)10-4-2-3-9/h5-6H,2-4H2,1H3,(H,10,11,12). The molecule has 0 saturated heterocycles. The van der Waals surface area contributed by atoms with Crippen LogP contribution >= 0.6 is 11.6 Å². The topological polar surface area (TPSA) is 37.8 Å². The van der Waals surface area contributed by atoms with E-state index in [1.807, 2.05) is 6.92 Å². The van der Waals surface area contributed by atoms with Gasteiger partial charge in [0, 0.05) is 24.8 Å². The fourth-order valence-electron chi connectivity index (χ4n) is 0.751. The number of alkyl halides is 1. The molecular formula is C8H12ClN3. The van der Waals surface area contributed by atoms with Gasteiger partial charge in [0.1, 0.15) is 0 Å². The third-order valence-corrected chi connectivity index (χ3v) is 1.64. The molecule has 0 aromatic carbocycles. The van der Waals surface area contributed by atoms with Crippen LogP contribution in [-0.2, 0) is 0 Å². The number of rotatable bonds is 4. The maximum absolute atomic E-state index is 5.51. The lowest BCUT2D eigenvalue weighted by Crippen LogP contribution is -2.05. The lowest BCUT2D eigenvalue weighted by atomic mass is 10.4. The fourth-order valence-corrected chi connectivity index (χ4v) is 0.885. The quantitative estimate of drug-likeness (QED) is 0.575. The van der Waals surface area contributed by atoms with E-state index in [1.165, 1.54) is 0 Å². The van der Waals surface area contributed by atoms with Crippen LogP contribution in [0.15, 0.2) is 12.4 Å². The number of anilines is 1. The molecular weight excluding hydrogens is 174 g/mol. The average molecular weight is 186 g/mol. The third-order valence-electron chi connectivity index (χ3n) is 1.37. The molecule has 12 heavy (non-hydrogen) atoms. The molecule has 0 aliphatic carbocycles. The molecule has 0 radical (unpaired) electrons. The number of aryl methyl sites for hydroxylation is 1. The third kappa shape index (κ3) is 3.05. The molecule has 1 rings (SSSR count). The van der Waals surface area contributed by atoms with Crippen molar-refractivity contribution < 1.29 is 0 Å². The zero-order valence-corrected chi connectivity index (χ0v) is 7.80. The van der Waals surface area contributed by atoms with Crippen LogP contribution in [0.25, 0.3) is 0 Å². The van der Waals surface area contributed by atoms with Gasteiger partial charge in [0.15, 0.2) is 0 Å². The summed E-state index contributed by atoms with van der Waals surface area (Å²) in [4.78, 5) is 8.17. The van der Waals surface area contributed by atoms with E-state index in [9.17, 15) is 0 Å². The molecule has 1 aromatic heterocycles. The highest BCUT2D eigenvalue weighted by atomic mass is 35.5. The fraction of sp³-hybridized carbons (Fsp3) is 0.500. The van der Waals surface area contributed by atoms with Crippen LogP contribution in [0.3, 0.4) is 0 Å². The highest BCUT2D eigenvalue weighted by Crippen LogP contribution is 1.98. The number of nitrogens with one attached hydrogen (secondary N) is 1. The first kappa shape index (κ1) is 9.26. The van der Waals surface area contributed by atoms with Crippen LogP contribution in [-0.4, -0.2) is 22.4 Å². The minimum Gasteiger partial charge on any atom is -0.354 e. The maximum atomic E-state index is 5.51. The van der Waals surface area contributed by atoms with Crippen molar-refractivity contribution >= 4 is 17.5 Å². The lowest BCUT2D eigenvalue weighted by Gasteiger charge is -2.01. The molecule has 0 atom stereocenters. The van der Waals surface area contributed by atoms with Crippen LogP contribution < -0.4 is 5.32 Å². The molecule has 1 heterocycles. The largest absolute Gasteiger partial charge is 0.354 e. The van der Waals surface area contributed by atoms with Crippen molar-refractivity contribution in [1.29, 1.82) is 0 Å². The highest BCUT2D eigenvalue weighted by Gasteiger charge is 1.92. The van der Waals surface area contributed by atoms with E-state index in [4.69, 9.17) is 11.6 Å². The minimum atomic E-state index is 0.666. The SMILES string of the molecule is Cc1cnc(NCCCCl)nc1. The second-order valence-corrected chi connectivity index (χ2v) is 2.93. The Labute approximate surface area is 77.2 Å². The molecule has 0 aliphatic rings. The van der Waals surface area contributed by atoms with Crippen LogP contribution in [0, 0.1) is 6.92 Å². The lowest BCUT2D eigenvalue weighted by molar-refractivity contribution is 0.955. The van der Waals surface area contributed by atoms with E-state index in [-0.39, 0.29) is 0 Å². The highest BCUT2D eigenvalue weighted by molar-refractivity contribution is 6.17. The van der Waals surface area contributed by atoms with Crippen LogP contribution in [0.1, 0.15) is 12.0 Å². The molecule has 4 heteroatoms. The van der Waals surface area contributed by atoms with Gasteiger partial charge in [-0.1, -0.05) is 0 Å². The summed E-state index contributed by atoms with van der Waals surface area (Å²) >= 11 is 5.51. The van der Waals surface area contributed by atoms with E-state index < -0.39 is 0 Å². The normalized spacial score (nSPS) is 9.83. The minimum absolute atomic E-state index is 0.666. The van der Waals surface area contributed by atoms with E-state index in [2.05, 4.69) is 15.3 Å². The Morgan fingerprint density at radius 3 is 2.67 bits per heavy atom. The summed E-state index contributed by atoms with van der Waals surface area (Å²) in [6, 6.07) is 0. The molecule has 0 saturated carbocycles. The summed E-state index contributed by atoms with van der Waals surface area (Å²) in [5.74, 6) is 1.34. The Kier molecular flexibility index (Phi) is 3.80. The van der Waals surface area contributed by atoms with Crippen molar-refractivity contribution in [2.24, 2.45) is 0 Å². The van der Waals surface area contributed by atoms with E-state index in [0.29, 0.717) is 11.8 Å². The van der Waals surface area contributed by atoms with Gasteiger partial charge in [-0.2, -0.15) is 0 Å². The first-order valence-corrected chi connectivity index (χ1v) is 4.45. The molecule has 1 aromatic rings. The molecule has 0 spiro atoms. The van der Waals surface area contributed by atoms with Gasteiger partial charge in [0.25, 0.3) is 0 Å². The van der Waals surface area contributed by atoms with Crippen molar-refractivity contribution in [3.63, 3.8) is 0 Å². The van der Waals surface area contributed by atoms with Crippen molar-refractivity contribution in [3.8, 4) is 0 Å². The van der Waals surface area contributed by atoms with Gasteiger partial charge in [0.05, 0.1) is 0 Å². The Balaban J connectivity index is 2.37. The van der Waals surface area contributed by atoms with Crippen molar-refractivity contribution in [2.75, 3.05) is 17.7 Å². The molecule has 0 fully saturated rings. The number of aromatic nitrogens is 2. The summed E-state index contributed by atoms with van der Waals surface area (Å²) in [6.07, 6.45) is 4.50. The molecule has 0 amide bonds. The van der Waals surface area contributed by atoms with Crippen LogP contribution in [0.2, 0.25) is 0 Å². The monoisotopic (exact) mass is 185 g/mol. The Morgan fingerprint density at radius 2 is 2.08 bits per heavy atom. The van der Waals surface area contributed by atoms with Crippen molar-refractivity contribution in [2.45, 2.75) is 13.3 Å². The molecule has 66 valence electrons. The van der Waals surface area contributed by atoms with Gasteiger partial charge in [-0.25, -0.2) is 9.97 Å². The van der Waals surface area contributed by atoms with Gasteiger partial charge in [0.2, 0.25) is 5.95 Å². The van der Waals surface area contributed by atoms with E-state index in [1.54, 1.807) is 12.4 Å². The molecule has 3 nitrogen and oxygen atoms in total. The van der Waals surface area contributed by atoms with Gasteiger partial charge in [-0.15, -0.1) is 11.6 Å².